The molecular weight excluding hydrogens is 562 g/mol. The maximum atomic E-state index is 13.4. The molecule has 0 radical (unpaired) electrons. The zero-order chi connectivity index (χ0) is 27.2. The summed E-state index contributed by atoms with van der Waals surface area (Å²) in [6, 6.07) is 11.8. The summed E-state index contributed by atoms with van der Waals surface area (Å²) >= 11 is 3.41. The Morgan fingerprint density at radius 2 is 1.76 bits per heavy atom. The van der Waals surface area contributed by atoms with E-state index in [0.717, 1.165) is 22.7 Å². The van der Waals surface area contributed by atoms with Crippen molar-refractivity contribution in [1.29, 1.82) is 0 Å². The maximum Gasteiger partial charge on any atom is 0.242 e. The third-order valence-corrected chi connectivity index (χ3v) is 7.95. The van der Waals surface area contributed by atoms with Crippen molar-refractivity contribution in [2.24, 2.45) is 0 Å². The Kier molecular flexibility index (Phi) is 9.83. The molecule has 1 aliphatic rings. The molecule has 0 aromatic heterocycles. The lowest BCUT2D eigenvalue weighted by atomic mass is 10.1. The van der Waals surface area contributed by atoms with E-state index >= 15 is 0 Å². The molecule has 202 valence electrons. The minimum Gasteiger partial charge on any atom is -0.454 e. The number of amides is 2. The lowest BCUT2D eigenvalue weighted by molar-refractivity contribution is -0.140. The average Bonchev–Trinajstić information content (AvgIpc) is 3.32. The van der Waals surface area contributed by atoms with Crippen LogP contribution in [0.5, 0.6) is 11.5 Å². The van der Waals surface area contributed by atoms with Crippen LogP contribution in [0.1, 0.15) is 45.6 Å². The topological polar surface area (TPSA) is 105 Å². The first-order valence-corrected chi connectivity index (χ1v) is 14.9. The number of carbonyl (C=O) groups is 2. The molecule has 1 aliphatic heterocycles. The molecule has 0 spiro atoms. The molecule has 2 aromatic rings. The van der Waals surface area contributed by atoms with Crippen molar-refractivity contribution >= 4 is 43.5 Å². The molecule has 9 nitrogen and oxygen atoms in total. The summed E-state index contributed by atoms with van der Waals surface area (Å²) in [7, 11) is -3.61. The van der Waals surface area contributed by atoms with Crippen LogP contribution >= 0.6 is 15.9 Å². The van der Waals surface area contributed by atoms with Gasteiger partial charge in [-0.05, 0) is 56.5 Å². The van der Waals surface area contributed by atoms with E-state index in [2.05, 4.69) is 21.2 Å². The first-order chi connectivity index (χ1) is 17.5. The summed E-state index contributed by atoms with van der Waals surface area (Å²) in [5.74, 6) is 0.580. The molecule has 0 bridgehead atoms. The van der Waals surface area contributed by atoms with Gasteiger partial charge in [-0.2, -0.15) is 0 Å². The fourth-order valence-corrected chi connectivity index (χ4v) is 5.10. The Bertz CT molecular complexity index is 1210. The van der Waals surface area contributed by atoms with Crippen molar-refractivity contribution in [2.45, 2.75) is 58.7 Å². The predicted molar refractivity (Wildman–Crippen MR) is 146 cm³/mol. The highest BCUT2D eigenvalue weighted by Gasteiger charge is 2.27. The second-order valence-electron chi connectivity index (χ2n) is 9.12. The SMILES string of the molecule is CC[C@H](C)NC(=O)[C@@H](C)N(Cc1ccc(Br)cc1)C(=O)CCCN(c1ccc2c(c1)OCO2)S(C)(=O)=O. The number of carbonyl (C=O) groups excluding carboxylic acids is 2. The number of hydrogen-bond acceptors (Lipinski definition) is 6. The highest BCUT2D eigenvalue weighted by atomic mass is 79.9. The van der Waals surface area contributed by atoms with Crippen molar-refractivity contribution in [1.82, 2.24) is 10.2 Å². The summed E-state index contributed by atoms with van der Waals surface area (Å²) in [5.41, 5.74) is 1.32. The molecule has 0 fully saturated rings. The number of halogens is 1. The molecule has 2 atom stereocenters. The number of fused-ring (bicyclic) bond motifs is 1. The van der Waals surface area contributed by atoms with Crippen LogP contribution in [0.2, 0.25) is 0 Å². The van der Waals surface area contributed by atoms with E-state index in [1.165, 1.54) is 4.31 Å². The van der Waals surface area contributed by atoms with Gasteiger partial charge >= 0.3 is 0 Å². The third-order valence-electron chi connectivity index (χ3n) is 6.23. The quantitative estimate of drug-likeness (QED) is 0.397. The van der Waals surface area contributed by atoms with Gasteiger partial charge in [-0.25, -0.2) is 8.42 Å². The Labute approximate surface area is 227 Å². The van der Waals surface area contributed by atoms with E-state index in [9.17, 15) is 18.0 Å². The molecule has 2 aromatic carbocycles. The standard InChI is InChI=1S/C26H34BrN3O6S/c1-5-18(2)28-26(32)19(3)29(16-20-8-10-21(27)11-9-20)25(31)7-6-14-30(37(4,33)34)22-12-13-23-24(15-22)36-17-35-23/h8-13,15,18-19H,5-7,14,16-17H2,1-4H3,(H,28,32)/t18-,19+/m0/s1. The van der Waals surface area contributed by atoms with Crippen molar-refractivity contribution in [2.75, 3.05) is 23.9 Å². The first kappa shape index (κ1) is 28.8. The molecule has 3 rings (SSSR count). The van der Waals surface area contributed by atoms with E-state index < -0.39 is 16.1 Å². The van der Waals surface area contributed by atoms with Crippen LogP contribution in [0, 0.1) is 0 Å². The number of hydrogen-bond donors (Lipinski definition) is 1. The molecule has 0 aliphatic carbocycles. The molecular formula is C26H34BrN3O6S. The average molecular weight is 597 g/mol. The Morgan fingerprint density at radius 1 is 1.08 bits per heavy atom. The van der Waals surface area contributed by atoms with Gasteiger partial charge in [0.2, 0.25) is 28.6 Å². The van der Waals surface area contributed by atoms with Gasteiger partial charge in [0.05, 0.1) is 11.9 Å². The molecule has 0 unspecified atom stereocenters. The summed E-state index contributed by atoms with van der Waals surface area (Å²) in [5, 5.41) is 2.95. The van der Waals surface area contributed by atoms with Crippen LogP contribution < -0.4 is 19.1 Å². The number of rotatable bonds is 12. The molecule has 0 saturated carbocycles. The van der Waals surface area contributed by atoms with Crippen LogP contribution in [0.15, 0.2) is 46.9 Å². The summed E-state index contributed by atoms with van der Waals surface area (Å²) in [4.78, 5) is 27.8. The zero-order valence-corrected chi connectivity index (χ0v) is 24.0. The minimum atomic E-state index is -3.61. The minimum absolute atomic E-state index is 0.00963. The van der Waals surface area contributed by atoms with Crippen molar-refractivity contribution in [3.63, 3.8) is 0 Å². The van der Waals surface area contributed by atoms with E-state index in [4.69, 9.17) is 9.47 Å². The first-order valence-electron chi connectivity index (χ1n) is 12.2. The van der Waals surface area contributed by atoms with Gasteiger partial charge in [0.15, 0.2) is 11.5 Å². The zero-order valence-electron chi connectivity index (χ0n) is 21.6. The Hall–Kier alpha value is -2.79. The van der Waals surface area contributed by atoms with Crippen LogP contribution in [0.3, 0.4) is 0 Å². The molecule has 37 heavy (non-hydrogen) atoms. The number of nitrogens with one attached hydrogen (secondary N) is 1. The van der Waals surface area contributed by atoms with E-state index in [1.54, 1.807) is 30.0 Å². The summed E-state index contributed by atoms with van der Waals surface area (Å²) < 4.78 is 37.9. The lowest BCUT2D eigenvalue weighted by Crippen LogP contribution is -2.49. The number of anilines is 1. The van der Waals surface area contributed by atoms with E-state index in [0.29, 0.717) is 17.2 Å². The smallest absolute Gasteiger partial charge is 0.242 e. The summed E-state index contributed by atoms with van der Waals surface area (Å²) in [6.07, 6.45) is 2.26. The molecule has 11 heteroatoms. The van der Waals surface area contributed by atoms with Gasteiger partial charge < -0.3 is 19.7 Å². The van der Waals surface area contributed by atoms with Crippen molar-refractivity contribution in [3.05, 3.63) is 52.5 Å². The second-order valence-corrected chi connectivity index (χ2v) is 11.9. The molecule has 1 N–H and O–H groups in total. The van der Waals surface area contributed by atoms with Gasteiger partial charge in [-0.15, -0.1) is 0 Å². The lowest BCUT2D eigenvalue weighted by Gasteiger charge is -2.30. The van der Waals surface area contributed by atoms with Crippen LogP contribution in [-0.4, -0.2) is 56.8 Å². The van der Waals surface area contributed by atoms with Gasteiger partial charge in [0.1, 0.15) is 6.04 Å². The monoisotopic (exact) mass is 595 g/mol. The molecule has 1 heterocycles. The van der Waals surface area contributed by atoms with Crippen molar-refractivity contribution in [3.8, 4) is 11.5 Å². The molecule has 0 saturated heterocycles. The number of ether oxygens (including phenoxy) is 2. The number of benzene rings is 2. The largest absolute Gasteiger partial charge is 0.454 e. The predicted octanol–water partition coefficient (Wildman–Crippen LogP) is 4.06. The second kappa shape index (κ2) is 12.6. The Morgan fingerprint density at radius 3 is 2.41 bits per heavy atom. The van der Waals surface area contributed by atoms with Gasteiger partial charge in [0, 0.05) is 36.1 Å². The Balaban J connectivity index is 1.72. The number of nitrogens with zero attached hydrogens (tertiary/aromatic N) is 2. The van der Waals surface area contributed by atoms with Crippen LogP contribution in [0.4, 0.5) is 5.69 Å². The van der Waals surface area contributed by atoms with Gasteiger partial charge in [-0.1, -0.05) is 35.0 Å². The fraction of sp³-hybridized carbons (Fsp3) is 0.462. The normalized spacial score (nSPS) is 14.1. The van der Waals surface area contributed by atoms with Crippen molar-refractivity contribution < 1.29 is 27.5 Å². The molecule has 2 amide bonds. The highest BCUT2D eigenvalue weighted by Crippen LogP contribution is 2.36. The van der Waals surface area contributed by atoms with Gasteiger partial charge in [0.25, 0.3) is 0 Å². The van der Waals surface area contributed by atoms with Crippen LogP contribution in [-0.2, 0) is 26.2 Å². The highest BCUT2D eigenvalue weighted by molar-refractivity contribution is 9.10. The fourth-order valence-electron chi connectivity index (χ4n) is 3.88. The summed E-state index contributed by atoms with van der Waals surface area (Å²) in [6.45, 7) is 6.06. The third kappa shape index (κ3) is 7.85. The van der Waals surface area contributed by atoms with E-state index in [-0.39, 0.29) is 50.6 Å². The van der Waals surface area contributed by atoms with Gasteiger partial charge in [-0.3, -0.25) is 13.9 Å². The van der Waals surface area contributed by atoms with Crippen LogP contribution in [0.25, 0.3) is 0 Å². The van der Waals surface area contributed by atoms with E-state index in [1.807, 2.05) is 38.1 Å². The maximum absolute atomic E-state index is 13.4. The number of sulfonamides is 1.